The molecule has 5 nitrogen and oxygen atoms in total. The second-order valence-electron chi connectivity index (χ2n) is 7.72. The summed E-state index contributed by atoms with van der Waals surface area (Å²) in [4.78, 5) is 13.1. The van der Waals surface area contributed by atoms with E-state index in [1.54, 1.807) is 7.05 Å². The smallest absolute Gasteiger partial charge is 0.411 e. The average molecular weight is 412 g/mol. The minimum absolute atomic E-state index is 0.00570. The Bertz CT molecular complexity index is 904. The lowest BCUT2D eigenvalue weighted by atomic mass is 9.91. The molecule has 0 heterocycles. The van der Waals surface area contributed by atoms with E-state index in [9.17, 15) is 9.90 Å². The van der Waals surface area contributed by atoms with Crippen molar-refractivity contribution in [2.24, 2.45) is 0 Å². The van der Waals surface area contributed by atoms with E-state index in [0.717, 1.165) is 53.5 Å². The van der Waals surface area contributed by atoms with Crippen LogP contribution in [0.1, 0.15) is 49.8 Å². The third-order valence-corrected chi connectivity index (χ3v) is 5.01. The monoisotopic (exact) mass is 411 g/mol. The molecule has 0 radical (unpaired) electrons. The van der Waals surface area contributed by atoms with Crippen molar-refractivity contribution in [2.45, 2.75) is 46.5 Å². The number of hydrogen-bond acceptors (Lipinski definition) is 4. The summed E-state index contributed by atoms with van der Waals surface area (Å²) in [5.74, 6) is 0.693. The van der Waals surface area contributed by atoms with Crippen molar-refractivity contribution < 1.29 is 19.4 Å². The molecule has 0 spiro atoms. The van der Waals surface area contributed by atoms with E-state index >= 15 is 0 Å². The quantitative estimate of drug-likeness (QED) is 0.396. The summed E-state index contributed by atoms with van der Waals surface area (Å²) < 4.78 is 10.8. The van der Waals surface area contributed by atoms with E-state index in [1.807, 2.05) is 44.2 Å². The van der Waals surface area contributed by atoms with Crippen LogP contribution in [0.3, 0.4) is 0 Å². The van der Waals surface area contributed by atoms with Crippen molar-refractivity contribution in [1.29, 1.82) is 0 Å². The fourth-order valence-corrected chi connectivity index (χ4v) is 3.38. The summed E-state index contributed by atoms with van der Waals surface area (Å²) in [6, 6.07) is 9.82. The molecule has 0 atom stereocenters. The van der Waals surface area contributed by atoms with Crippen LogP contribution in [0.15, 0.2) is 36.9 Å². The molecule has 1 N–H and O–H groups in total. The van der Waals surface area contributed by atoms with E-state index in [1.165, 1.54) is 12.0 Å². The average Bonchev–Trinajstić information content (AvgIpc) is 2.71. The van der Waals surface area contributed by atoms with Crippen LogP contribution in [0.4, 0.5) is 4.79 Å². The van der Waals surface area contributed by atoms with E-state index < -0.39 is 6.09 Å². The lowest BCUT2D eigenvalue weighted by Crippen LogP contribution is -2.30. The van der Waals surface area contributed by atoms with Crippen LogP contribution in [0.5, 0.6) is 11.5 Å². The Morgan fingerprint density at radius 2 is 1.93 bits per heavy atom. The second kappa shape index (κ2) is 10.7. The number of hydrogen-bond donors (Lipinski definition) is 1. The van der Waals surface area contributed by atoms with Gasteiger partial charge in [-0.3, -0.25) is 4.90 Å². The lowest BCUT2D eigenvalue weighted by Gasteiger charge is -2.21. The number of aromatic hydroxyl groups is 1. The lowest BCUT2D eigenvalue weighted by molar-refractivity contribution is 0.0983. The van der Waals surface area contributed by atoms with Gasteiger partial charge in [-0.05, 0) is 55.5 Å². The summed E-state index contributed by atoms with van der Waals surface area (Å²) in [5.41, 5.74) is 5.38. The maximum atomic E-state index is 11.7. The predicted molar refractivity (Wildman–Crippen MR) is 122 cm³/mol. The number of methoxy groups -OCH3 is 1. The number of carbonyl (C=O) groups excluding carboxylic acids is 1. The van der Waals surface area contributed by atoms with Gasteiger partial charge in [0, 0.05) is 7.05 Å². The van der Waals surface area contributed by atoms with Gasteiger partial charge in [0.05, 0.1) is 12.7 Å². The number of phenolic OH excluding ortho intramolecular Hbond substituents is 1. The SMILES string of the molecule is C=C(C)c1ccc(C)cc1-c1c(O)cc(CCCCC)cc1OCN(C)C(=O)OC. The minimum atomic E-state index is -0.488. The number of phenols is 1. The molecule has 0 saturated heterocycles. The van der Waals surface area contributed by atoms with Crippen molar-refractivity contribution in [3.8, 4) is 22.6 Å². The van der Waals surface area contributed by atoms with Crippen molar-refractivity contribution >= 4 is 11.7 Å². The third-order valence-electron chi connectivity index (χ3n) is 5.01. The van der Waals surface area contributed by atoms with E-state index in [2.05, 4.69) is 13.5 Å². The summed E-state index contributed by atoms with van der Waals surface area (Å²) >= 11 is 0. The van der Waals surface area contributed by atoms with Gasteiger partial charge in [0.2, 0.25) is 0 Å². The Morgan fingerprint density at radius 1 is 1.20 bits per heavy atom. The van der Waals surface area contributed by atoms with E-state index in [4.69, 9.17) is 9.47 Å². The number of amides is 1. The summed E-state index contributed by atoms with van der Waals surface area (Å²) in [7, 11) is 2.93. The fraction of sp³-hybridized carbons (Fsp3) is 0.400. The third kappa shape index (κ3) is 5.78. The van der Waals surface area contributed by atoms with Gasteiger partial charge in [0.1, 0.15) is 11.5 Å². The van der Waals surface area contributed by atoms with Gasteiger partial charge < -0.3 is 14.6 Å². The summed E-state index contributed by atoms with van der Waals surface area (Å²) in [5, 5.41) is 11.0. The Kier molecular flexibility index (Phi) is 8.34. The number of rotatable bonds is 9. The standard InChI is InChI=1S/C25H33NO4/c1-7-8-9-10-19-14-22(27)24(21-13-18(4)11-12-20(21)17(2)3)23(15-19)30-16-26(5)25(28)29-6/h11-15,27H,2,7-10,16H2,1,3-6H3. The normalized spacial score (nSPS) is 10.6. The number of nitrogens with zero attached hydrogens (tertiary/aromatic N) is 1. The molecule has 2 aromatic carbocycles. The van der Waals surface area contributed by atoms with Gasteiger partial charge in [-0.2, -0.15) is 0 Å². The maximum absolute atomic E-state index is 11.7. The number of allylic oxidation sites excluding steroid dienone is 1. The molecule has 0 aliphatic heterocycles. The largest absolute Gasteiger partial charge is 0.507 e. The highest BCUT2D eigenvalue weighted by Crippen LogP contribution is 2.42. The Balaban J connectivity index is 2.54. The van der Waals surface area contributed by atoms with Crippen LogP contribution in [-0.2, 0) is 11.2 Å². The van der Waals surface area contributed by atoms with Crippen LogP contribution in [0, 0.1) is 6.92 Å². The summed E-state index contributed by atoms with van der Waals surface area (Å²) in [6.45, 7) is 10.2. The maximum Gasteiger partial charge on any atom is 0.411 e. The zero-order valence-electron chi connectivity index (χ0n) is 18.7. The molecule has 30 heavy (non-hydrogen) atoms. The Labute approximate surface area is 179 Å². The molecule has 2 rings (SSSR count). The molecule has 0 fully saturated rings. The molecule has 5 heteroatoms. The van der Waals surface area contributed by atoms with Crippen LogP contribution in [0.25, 0.3) is 16.7 Å². The van der Waals surface area contributed by atoms with E-state index in [-0.39, 0.29) is 12.5 Å². The first-order valence-electron chi connectivity index (χ1n) is 10.3. The number of unbranched alkanes of at least 4 members (excludes halogenated alkanes) is 2. The van der Waals surface area contributed by atoms with Crippen molar-refractivity contribution in [3.05, 3.63) is 53.6 Å². The predicted octanol–water partition coefficient (Wildman–Crippen LogP) is 6.17. The molecule has 0 bridgehead atoms. The molecule has 0 aromatic heterocycles. The molecular weight excluding hydrogens is 378 g/mol. The molecule has 2 aromatic rings. The minimum Gasteiger partial charge on any atom is -0.507 e. The van der Waals surface area contributed by atoms with E-state index in [0.29, 0.717) is 11.3 Å². The molecule has 0 unspecified atom stereocenters. The molecule has 0 aliphatic rings. The van der Waals surface area contributed by atoms with Crippen LogP contribution in [0.2, 0.25) is 0 Å². The Hall–Kier alpha value is -2.95. The second-order valence-corrected chi connectivity index (χ2v) is 7.72. The number of carbonyl (C=O) groups is 1. The van der Waals surface area contributed by atoms with Gasteiger partial charge >= 0.3 is 6.09 Å². The molecule has 0 aliphatic carbocycles. The van der Waals surface area contributed by atoms with Gasteiger partial charge in [-0.15, -0.1) is 0 Å². The van der Waals surface area contributed by atoms with Crippen LogP contribution in [-0.4, -0.2) is 37.0 Å². The molecular formula is C25H33NO4. The molecule has 0 saturated carbocycles. The van der Waals surface area contributed by atoms with Crippen molar-refractivity contribution in [2.75, 3.05) is 20.9 Å². The zero-order valence-corrected chi connectivity index (χ0v) is 18.7. The summed E-state index contributed by atoms with van der Waals surface area (Å²) in [6.07, 6.45) is 3.66. The van der Waals surface area contributed by atoms with Gasteiger partial charge in [0.15, 0.2) is 6.73 Å². The Morgan fingerprint density at radius 3 is 2.57 bits per heavy atom. The van der Waals surface area contributed by atoms with Gasteiger partial charge in [-0.1, -0.05) is 55.7 Å². The number of benzene rings is 2. The fourth-order valence-electron chi connectivity index (χ4n) is 3.38. The van der Waals surface area contributed by atoms with Crippen molar-refractivity contribution in [1.82, 2.24) is 4.90 Å². The van der Waals surface area contributed by atoms with Gasteiger partial charge in [-0.25, -0.2) is 4.79 Å². The van der Waals surface area contributed by atoms with Crippen LogP contribution < -0.4 is 4.74 Å². The number of ether oxygens (including phenoxy) is 2. The first-order valence-corrected chi connectivity index (χ1v) is 10.3. The first kappa shape index (κ1) is 23.3. The van der Waals surface area contributed by atoms with Gasteiger partial charge in [0.25, 0.3) is 0 Å². The highest BCUT2D eigenvalue weighted by molar-refractivity contribution is 5.86. The number of aryl methyl sites for hydroxylation is 2. The molecule has 1 amide bonds. The topological polar surface area (TPSA) is 59.0 Å². The van der Waals surface area contributed by atoms with Crippen molar-refractivity contribution in [3.63, 3.8) is 0 Å². The molecule has 162 valence electrons. The zero-order chi connectivity index (χ0) is 22.3. The first-order chi connectivity index (χ1) is 14.3. The highest BCUT2D eigenvalue weighted by Gasteiger charge is 2.19. The van der Waals surface area contributed by atoms with Crippen LogP contribution >= 0.6 is 0 Å². The highest BCUT2D eigenvalue weighted by atomic mass is 16.6.